The van der Waals surface area contributed by atoms with Gasteiger partial charge in [0.15, 0.2) is 0 Å². The van der Waals surface area contributed by atoms with Crippen LogP contribution >= 0.6 is 23.2 Å². The summed E-state index contributed by atoms with van der Waals surface area (Å²) in [7, 11) is 0. The van der Waals surface area contributed by atoms with Crippen LogP contribution in [0.5, 0.6) is 0 Å². The molecule has 2 nitrogen and oxygen atoms in total. The van der Waals surface area contributed by atoms with Gasteiger partial charge in [0.25, 0.3) is 0 Å². The molecule has 1 fully saturated rings. The largest absolute Gasteiger partial charge is 0.381 e. The second kappa shape index (κ2) is 6.66. The van der Waals surface area contributed by atoms with Crippen molar-refractivity contribution in [3.05, 3.63) is 10.6 Å². The van der Waals surface area contributed by atoms with Crippen LogP contribution in [0.3, 0.4) is 0 Å². The molecule has 1 N–H and O–H groups in total. The summed E-state index contributed by atoms with van der Waals surface area (Å²) in [4.78, 5) is 0. The van der Waals surface area contributed by atoms with Crippen LogP contribution in [0.15, 0.2) is 10.6 Å². The minimum Gasteiger partial charge on any atom is -0.381 e. The van der Waals surface area contributed by atoms with E-state index in [1.807, 2.05) is 0 Å². The molecule has 1 unspecified atom stereocenters. The maximum atomic E-state index is 5.72. The van der Waals surface area contributed by atoms with Crippen LogP contribution in [0.1, 0.15) is 12.8 Å². The van der Waals surface area contributed by atoms with Gasteiger partial charge in [-0.25, -0.2) is 0 Å². The van der Waals surface area contributed by atoms with Crippen molar-refractivity contribution in [2.24, 2.45) is 5.92 Å². The minimum atomic E-state index is 0.633. The number of hydrogen-bond acceptors (Lipinski definition) is 2. The van der Waals surface area contributed by atoms with Crippen molar-refractivity contribution >= 4 is 23.2 Å². The van der Waals surface area contributed by atoms with Crippen molar-refractivity contribution in [2.45, 2.75) is 12.8 Å². The molecule has 76 valence electrons. The normalized spacial score (nSPS) is 24.8. The second-order valence-corrected chi connectivity index (χ2v) is 3.97. The fourth-order valence-corrected chi connectivity index (χ4v) is 1.57. The van der Waals surface area contributed by atoms with Gasteiger partial charge in [-0.05, 0) is 18.8 Å². The first-order valence-corrected chi connectivity index (χ1v) is 5.37. The first-order chi connectivity index (χ1) is 6.33. The average molecular weight is 224 g/mol. The lowest BCUT2D eigenvalue weighted by Gasteiger charge is -2.22. The molecule has 0 amide bonds. The highest BCUT2D eigenvalue weighted by atomic mass is 35.5. The van der Waals surface area contributed by atoms with E-state index < -0.39 is 0 Å². The van der Waals surface area contributed by atoms with Gasteiger partial charge in [0.1, 0.15) is 0 Å². The van der Waals surface area contributed by atoms with Crippen LogP contribution in [-0.4, -0.2) is 26.3 Å². The molecule has 0 aromatic rings. The Morgan fingerprint density at radius 3 is 3.08 bits per heavy atom. The fraction of sp³-hybridized carbons (Fsp3) is 0.778. The monoisotopic (exact) mass is 223 g/mol. The lowest BCUT2D eigenvalue weighted by molar-refractivity contribution is 0.0552. The number of rotatable bonds is 4. The molecule has 1 rings (SSSR count). The molecule has 0 aliphatic carbocycles. The van der Waals surface area contributed by atoms with Gasteiger partial charge < -0.3 is 10.1 Å². The van der Waals surface area contributed by atoms with Crippen LogP contribution in [0.25, 0.3) is 0 Å². The third-order valence-electron chi connectivity index (χ3n) is 2.10. The summed E-state index contributed by atoms with van der Waals surface area (Å²) in [6.07, 6.45) is 2.42. The van der Waals surface area contributed by atoms with E-state index in [4.69, 9.17) is 27.9 Å². The molecule has 0 spiro atoms. The van der Waals surface area contributed by atoms with Crippen LogP contribution < -0.4 is 5.32 Å². The molecule has 1 aliphatic rings. The summed E-state index contributed by atoms with van der Waals surface area (Å²) >= 11 is 11.1. The van der Waals surface area contributed by atoms with Crippen molar-refractivity contribution in [1.29, 1.82) is 0 Å². The molecule has 0 radical (unpaired) electrons. The Kier molecular flexibility index (Phi) is 5.80. The van der Waals surface area contributed by atoms with Gasteiger partial charge in [0.05, 0.1) is 6.61 Å². The van der Waals surface area contributed by atoms with Crippen molar-refractivity contribution in [3.8, 4) is 0 Å². The zero-order valence-corrected chi connectivity index (χ0v) is 9.07. The summed E-state index contributed by atoms with van der Waals surface area (Å²) in [6, 6.07) is 0. The lowest BCUT2D eigenvalue weighted by Crippen LogP contribution is -2.29. The summed E-state index contributed by atoms with van der Waals surface area (Å²) in [6.45, 7) is 3.40. The highest BCUT2D eigenvalue weighted by Crippen LogP contribution is 2.12. The Balaban J connectivity index is 2.04. The van der Waals surface area contributed by atoms with E-state index >= 15 is 0 Å². The molecule has 0 aromatic carbocycles. The zero-order valence-electron chi connectivity index (χ0n) is 7.56. The van der Waals surface area contributed by atoms with E-state index in [0.717, 1.165) is 19.8 Å². The van der Waals surface area contributed by atoms with Gasteiger partial charge in [-0.3, -0.25) is 0 Å². The van der Waals surface area contributed by atoms with E-state index in [-0.39, 0.29) is 0 Å². The third kappa shape index (κ3) is 4.87. The van der Waals surface area contributed by atoms with Crippen LogP contribution in [0.4, 0.5) is 0 Å². The average Bonchev–Trinajstić information content (AvgIpc) is 2.19. The highest BCUT2D eigenvalue weighted by molar-refractivity contribution is 6.36. The Hall–Kier alpha value is 0.240. The Morgan fingerprint density at radius 1 is 1.62 bits per heavy atom. The van der Waals surface area contributed by atoms with E-state index in [0.29, 0.717) is 17.5 Å². The molecular weight excluding hydrogens is 209 g/mol. The lowest BCUT2D eigenvalue weighted by atomic mass is 10.0. The van der Waals surface area contributed by atoms with E-state index in [9.17, 15) is 0 Å². The standard InChI is InChI=1S/C9H15Cl2NO/c10-4-9(11)6-12-5-8-2-1-3-13-7-8/h4,8,12H,1-3,5-7H2. The van der Waals surface area contributed by atoms with Gasteiger partial charge >= 0.3 is 0 Å². The Labute approximate surface area is 89.2 Å². The molecule has 1 saturated heterocycles. The molecule has 0 aromatic heterocycles. The van der Waals surface area contributed by atoms with Crippen LogP contribution in [0.2, 0.25) is 0 Å². The molecule has 13 heavy (non-hydrogen) atoms. The van der Waals surface area contributed by atoms with Gasteiger partial charge in [-0.2, -0.15) is 0 Å². The number of hydrogen-bond donors (Lipinski definition) is 1. The molecule has 0 bridgehead atoms. The van der Waals surface area contributed by atoms with Gasteiger partial charge in [0.2, 0.25) is 0 Å². The van der Waals surface area contributed by atoms with Crippen molar-refractivity contribution in [2.75, 3.05) is 26.3 Å². The fourth-order valence-electron chi connectivity index (χ4n) is 1.40. The van der Waals surface area contributed by atoms with Crippen molar-refractivity contribution < 1.29 is 4.74 Å². The zero-order chi connectivity index (χ0) is 9.52. The predicted molar refractivity (Wildman–Crippen MR) is 56.2 cm³/mol. The number of ether oxygens (including phenoxy) is 1. The van der Waals surface area contributed by atoms with Gasteiger partial charge in [-0.15, -0.1) is 0 Å². The quantitative estimate of drug-likeness (QED) is 0.791. The maximum absolute atomic E-state index is 5.72. The first-order valence-electron chi connectivity index (χ1n) is 4.56. The van der Waals surface area contributed by atoms with Gasteiger partial charge in [-0.1, -0.05) is 23.2 Å². The minimum absolute atomic E-state index is 0.633. The van der Waals surface area contributed by atoms with Gasteiger partial charge in [0, 0.05) is 30.3 Å². The molecule has 1 atom stereocenters. The molecule has 4 heteroatoms. The number of halogens is 2. The Bertz CT molecular complexity index is 167. The first kappa shape index (κ1) is 11.3. The van der Waals surface area contributed by atoms with Crippen molar-refractivity contribution in [3.63, 3.8) is 0 Å². The topological polar surface area (TPSA) is 21.3 Å². The highest BCUT2D eigenvalue weighted by Gasteiger charge is 2.12. The molecule has 1 aliphatic heterocycles. The summed E-state index contributed by atoms with van der Waals surface area (Å²) in [5.41, 5.74) is 1.39. The van der Waals surface area contributed by atoms with Crippen LogP contribution in [0, 0.1) is 5.92 Å². The summed E-state index contributed by atoms with van der Waals surface area (Å²) in [5, 5.41) is 3.89. The van der Waals surface area contributed by atoms with E-state index in [1.54, 1.807) is 0 Å². The van der Waals surface area contributed by atoms with Crippen LogP contribution in [-0.2, 0) is 4.74 Å². The summed E-state index contributed by atoms with van der Waals surface area (Å²) in [5.74, 6) is 0.633. The smallest absolute Gasteiger partial charge is 0.0506 e. The van der Waals surface area contributed by atoms with Crippen molar-refractivity contribution in [1.82, 2.24) is 5.32 Å². The molecular formula is C9H15Cl2NO. The molecule has 1 heterocycles. The maximum Gasteiger partial charge on any atom is 0.0506 e. The van der Waals surface area contributed by atoms with E-state index in [1.165, 1.54) is 18.4 Å². The molecule has 0 saturated carbocycles. The summed E-state index contributed by atoms with van der Waals surface area (Å²) < 4.78 is 5.35. The Morgan fingerprint density at radius 2 is 2.46 bits per heavy atom. The third-order valence-corrected chi connectivity index (χ3v) is 2.72. The second-order valence-electron chi connectivity index (χ2n) is 3.27. The number of nitrogens with one attached hydrogen (secondary N) is 1. The SMILES string of the molecule is ClC=C(Cl)CNCC1CCCOC1. The predicted octanol–water partition coefficient (Wildman–Crippen LogP) is 2.32. The van der Waals surface area contributed by atoms with E-state index in [2.05, 4.69) is 5.32 Å².